The van der Waals surface area contributed by atoms with Crippen LogP contribution in [0.15, 0.2) is 53.0 Å². The van der Waals surface area contributed by atoms with Crippen molar-refractivity contribution in [2.75, 3.05) is 18.5 Å². The fourth-order valence-corrected chi connectivity index (χ4v) is 4.47. The Morgan fingerprint density at radius 3 is 2.29 bits per heavy atom. The lowest BCUT2D eigenvalue weighted by Crippen LogP contribution is -2.44. The van der Waals surface area contributed by atoms with E-state index in [4.69, 9.17) is 9.47 Å². The highest BCUT2D eigenvalue weighted by Gasteiger charge is 2.41. The van der Waals surface area contributed by atoms with E-state index in [1.54, 1.807) is 0 Å². The molecule has 1 aliphatic carbocycles. The molecule has 1 heterocycles. The normalized spacial score (nSPS) is 19.3. The highest BCUT2D eigenvalue weighted by molar-refractivity contribution is 9.10. The van der Waals surface area contributed by atoms with E-state index in [1.165, 1.54) is 12.8 Å². The van der Waals surface area contributed by atoms with Crippen molar-refractivity contribution in [3.8, 4) is 5.75 Å². The van der Waals surface area contributed by atoms with E-state index in [2.05, 4.69) is 21.2 Å². The van der Waals surface area contributed by atoms with Crippen LogP contribution >= 0.6 is 15.9 Å². The Balaban J connectivity index is 1.48. The van der Waals surface area contributed by atoms with Gasteiger partial charge in [-0.05, 0) is 80.5 Å². The maximum atomic E-state index is 13.3. The minimum atomic E-state index is -0.558. The Morgan fingerprint density at radius 2 is 1.64 bits per heavy atom. The lowest BCUT2D eigenvalue weighted by molar-refractivity contribution is -0.125. The molecule has 2 aromatic rings. The van der Waals surface area contributed by atoms with Crippen LogP contribution in [0.5, 0.6) is 5.75 Å². The Morgan fingerprint density at radius 1 is 1.00 bits per heavy atom. The third-order valence-corrected chi connectivity index (χ3v) is 6.42. The second-order valence-corrected chi connectivity index (χ2v) is 8.62. The number of hydrogen-bond acceptors (Lipinski definition) is 3. The number of ether oxygens (including phenoxy) is 2. The van der Waals surface area contributed by atoms with Gasteiger partial charge in [-0.25, -0.2) is 0 Å². The fourth-order valence-electron chi connectivity index (χ4n) is 4.20. The van der Waals surface area contributed by atoms with Gasteiger partial charge in [0.2, 0.25) is 5.91 Å². The minimum Gasteiger partial charge on any atom is -0.490 e. The molecule has 0 aromatic heterocycles. The Kier molecular flexibility index (Phi) is 6.02. The standard InChI is InChI=1S/C23H26BrNO3/c24-18-7-5-17(6-8-18)23(13-15-27-16-14-23)22(26)25-19-9-11-21(12-10-19)28-20-3-1-2-4-20/h5-12,20H,1-4,13-16H2,(H,25,26). The molecule has 5 heteroatoms. The average molecular weight is 444 g/mol. The zero-order chi connectivity index (χ0) is 19.4. The first-order valence-corrected chi connectivity index (χ1v) is 10.9. The van der Waals surface area contributed by atoms with Gasteiger partial charge < -0.3 is 14.8 Å². The number of carbonyl (C=O) groups is 1. The van der Waals surface area contributed by atoms with Crippen LogP contribution in [0.25, 0.3) is 0 Å². The zero-order valence-electron chi connectivity index (χ0n) is 16.0. The molecule has 1 N–H and O–H groups in total. The monoisotopic (exact) mass is 443 g/mol. The summed E-state index contributed by atoms with van der Waals surface area (Å²) in [6.45, 7) is 1.19. The highest BCUT2D eigenvalue weighted by Crippen LogP contribution is 2.37. The van der Waals surface area contributed by atoms with Crippen molar-refractivity contribution in [2.24, 2.45) is 0 Å². The van der Waals surface area contributed by atoms with E-state index >= 15 is 0 Å². The number of halogens is 1. The van der Waals surface area contributed by atoms with Gasteiger partial charge in [0.25, 0.3) is 0 Å². The lowest BCUT2D eigenvalue weighted by Gasteiger charge is -2.36. The molecule has 1 saturated heterocycles. The zero-order valence-corrected chi connectivity index (χ0v) is 17.5. The average Bonchev–Trinajstić information content (AvgIpc) is 3.23. The van der Waals surface area contributed by atoms with Crippen LogP contribution in [0.1, 0.15) is 44.1 Å². The van der Waals surface area contributed by atoms with E-state index in [9.17, 15) is 4.79 Å². The molecular weight excluding hydrogens is 418 g/mol. The summed E-state index contributed by atoms with van der Waals surface area (Å²) in [6.07, 6.45) is 6.48. The van der Waals surface area contributed by atoms with Gasteiger partial charge in [-0.1, -0.05) is 28.1 Å². The lowest BCUT2D eigenvalue weighted by atomic mass is 9.73. The molecule has 2 fully saturated rings. The molecule has 1 amide bonds. The largest absolute Gasteiger partial charge is 0.490 e. The van der Waals surface area contributed by atoms with Crippen molar-refractivity contribution < 1.29 is 14.3 Å². The molecule has 2 aromatic carbocycles. The quantitative estimate of drug-likeness (QED) is 0.667. The summed E-state index contributed by atoms with van der Waals surface area (Å²) in [7, 11) is 0. The summed E-state index contributed by atoms with van der Waals surface area (Å²) < 4.78 is 12.6. The molecule has 4 nitrogen and oxygen atoms in total. The van der Waals surface area contributed by atoms with Gasteiger partial charge in [-0.15, -0.1) is 0 Å². The van der Waals surface area contributed by atoms with Crippen LogP contribution in [0, 0.1) is 0 Å². The first-order chi connectivity index (χ1) is 13.7. The van der Waals surface area contributed by atoms with Gasteiger partial charge in [-0.3, -0.25) is 4.79 Å². The molecule has 0 atom stereocenters. The summed E-state index contributed by atoms with van der Waals surface area (Å²) in [4.78, 5) is 13.3. The second-order valence-electron chi connectivity index (χ2n) is 7.70. The van der Waals surface area contributed by atoms with Crippen molar-refractivity contribution >= 4 is 27.5 Å². The van der Waals surface area contributed by atoms with Crippen molar-refractivity contribution in [1.82, 2.24) is 0 Å². The third kappa shape index (κ3) is 4.26. The molecule has 28 heavy (non-hydrogen) atoms. The number of carbonyl (C=O) groups excluding carboxylic acids is 1. The number of hydrogen-bond donors (Lipinski definition) is 1. The van der Waals surface area contributed by atoms with E-state index in [1.807, 2.05) is 48.5 Å². The van der Waals surface area contributed by atoms with Crippen molar-refractivity contribution in [3.05, 3.63) is 58.6 Å². The van der Waals surface area contributed by atoms with Crippen molar-refractivity contribution in [3.63, 3.8) is 0 Å². The first-order valence-electron chi connectivity index (χ1n) is 10.1. The molecular formula is C23H26BrNO3. The number of rotatable bonds is 5. The number of amides is 1. The van der Waals surface area contributed by atoms with Gasteiger partial charge in [0.1, 0.15) is 5.75 Å². The predicted octanol–water partition coefficient (Wildman–Crippen LogP) is 5.46. The van der Waals surface area contributed by atoms with Crippen LogP contribution in [0.2, 0.25) is 0 Å². The third-order valence-electron chi connectivity index (χ3n) is 5.89. The van der Waals surface area contributed by atoms with Gasteiger partial charge in [0, 0.05) is 23.4 Å². The topological polar surface area (TPSA) is 47.6 Å². The molecule has 0 spiro atoms. The summed E-state index contributed by atoms with van der Waals surface area (Å²) in [5.74, 6) is 0.904. The Labute approximate surface area is 174 Å². The van der Waals surface area contributed by atoms with Gasteiger partial charge in [0.15, 0.2) is 0 Å². The smallest absolute Gasteiger partial charge is 0.235 e. The van der Waals surface area contributed by atoms with E-state index in [0.717, 1.165) is 34.3 Å². The summed E-state index contributed by atoms with van der Waals surface area (Å²) in [5, 5.41) is 3.12. The molecule has 4 rings (SSSR count). The SMILES string of the molecule is O=C(Nc1ccc(OC2CCCC2)cc1)C1(c2ccc(Br)cc2)CCOCC1. The van der Waals surface area contributed by atoms with Gasteiger partial charge in [0.05, 0.1) is 11.5 Å². The first kappa shape index (κ1) is 19.5. The maximum Gasteiger partial charge on any atom is 0.235 e. The van der Waals surface area contributed by atoms with Crippen LogP contribution in [-0.2, 0) is 14.9 Å². The molecule has 1 saturated carbocycles. The summed E-state index contributed by atoms with van der Waals surface area (Å²) >= 11 is 3.48. The Bertz CT molecular complexity index is 792. The van der Waals surface area contributed by atoms with E-state index in [0.29, 0.717) is 32.2 Å². The number of anilines is 1. The van der Waals surface area contributed by atoms with E-state index in [-0.39, 0.29) is 5.91 Å². The van der Waals surface area contributed by atoms with Crippen LogP contribution in [0.4, 0.5) is 5.69 Å². The second kappa shape index (κ2) is 8.66. The molecule has 0 radical (unpaired) electrons. The van der Waals surface area contributed by atoms with Crippen molar-refractivity contribution in [1.29, 1.82) is 0 Å². The summed E-state index contributed by atoms with van der Waals surface area (Å²) in [5.41, 5.74) is 1.28. The number of benzene rings is 2. The minimum absolute atomic E-state index is 0.0302. The van der Waals surface area contributed by atoms with Gasteiger partial charge >= 0.3 is 0 Å². The highest BCUT2D eigenvalue weighted by atomic mass is 79.9. The molecule has 1 aliphatic heterocycles. The van der Waals surface area contributed by atoms with E-state index < -0.39 is 5.41 Å². The maximum absolute atomic E-state index is 13.3. The number of nitrogens with one attached hydrogen (secondary N) is 1. The molecule has 0 bridgehead atoms. The van der Waals surface area contributed by atoms with Gasteiger partial charge in [-0.2, -0.15) is 0 Å². The summed E-state index contributed by atoms with van der Waals surface area (Å²) in [6, 6.07) is 15.8. The predicted molar refractivity (Wildman–Crippen MR) is 114 cm³/mol. The van der Waals surface area contributed by atoms with Crippen LogP contribution in [0.3, 0.4) is 0 Å². The van der Waals surface area contributed by atoms with Crippen LogP contribution in [-0.4, -0.2) is 25.2 Å². The molecule has 2 aliphatic rings. The Hall–Kier alpha value is -1.85. The molecule has 148 valence electrons. The van der Waals surface area contributed by atoms with Crippen molar-refractivity contribution in [2.45, 2.75) is 50.0 Å². The fraction of sp³-hybridized carbons (Fsp3) is 0.435. The van der Waals surface area contributed by atoms with Crippen LogP contribution < -0.4 is 10.1 Å². The molecule has 0 unspecified atom stereocenters.